The van der Waals surface area contributed by atoms with Gasteiger partial charge in [0.15, 0.2) is 0 Å². The molecule has 1 heterocycles. The highest BCUT2D eigenvalue weighted by Gasteiger charge is 2.23. The number of carbonyl (C=O) groups excluding carboxylic acids is 1. The van der Waals surface area contributed by atoms with Crippen molar-refractivity contribution in [2.75, 3.05) is 46.9 Å². The molecule has 0 aromatic heterocycles. The highest BCUT2D eigenvalue weighted by atomic mass is 16.5. The van der Waals surface area contributed by atoms with Crippen molar-refractivity contribution >= 4 is 5.91 Å². The summed E-state index contributed by atoms with van der Waals surface area (Å²) in [6, 6.07) is 17.1. The number of aryl methyl sites for hydroxylation is 1. The summed E-state index contributed by atoms with van der Waals surface area (Å²) in [4.78, 5) is 19.4. The van der Waals surface area contributed by atoms with Crippen LogP contribution in [0.2, 0.25) is 0 Å². The Morgan fingerprint density at radius 1 is 1.07 bits per heavy atom. The first kappa shape index (κ1) is 22.3. The first-order chi connectivity index (χ1) is 14.4. The summed E-state index contributed by atoms with van der Waals surface area (Å²) in [7, 11) is 3.72. The smallest absolute Gasteiger partial charge is 0.236 e. The molecule has 0 aliphatic carbocycles. The molecule has 1 fully saturated rings. The van der Waals surface area contributed by atoms with Crippen molar-refractivity contribution in [3.63, 3.8) is 0 Å². The molecule has 1 unspecified atom stereocenters. The fourth-order valence-electron chi connectivity index (χ4n) is 3.95. The van der Waals surface area contributed by atoms with Crippen molar-refractivity contribution in [1.29, 1.82) is 0 Å². The van der Waals surface area contributed by atoms with E-state index in [9.17, 15) is 4.79 Å². The molecule has 5 nitrogen and oxygen atoms in total. The van der Waals surface area contributed by atoms with E-state index in [2.05, 4.69) is 60.0 Å². The SMILES string of the molecule is COc1ccc(CC(C)N(C)CC(=O)N2CCN(Cc3cccc(C)c3)CC2)cc1. The van der Waals surface area contributed by atoms with Crippen molar-refractivity contribution in [2.24, 2.45) is 0 Å². The number of likely N-dealkylation sites (N-methyl/N-ethyl adjacent to an activating group) is 1. The third-order valence-corrected chi connectivity index (χ3v) is 6.04. The monoisotopic (exact) mass is 409 g/mol. The van der Waals surface area contributed by atoms with E-state index in [4.69, 9.17) is 4.74 Å². The van der Waals surface area contributed by atoms with Crippen molar-refractivity contribution in [3.8, 4) is 5.75 Å². The number of rotatable bonds is 8. The number of nitrogens with zero attached hydrogens (tertiary/aromatic N) is 3. The molecular weight excluding hydrogens is 374 g/mol. The first-order valence-corrected chi connectivity index (χ1v) is 10.8. The van der Waals surface area contributed by atoms with E-state index in [0.717, 1.165) is 44.9 Å². The maximum atomic E-state index is 12.8. The quantitative estimate of drug-likeness (QED) is 0.671. The van der Waals surface area contributed by atoms with Crippen LogP contribution in [-0.4, -0.2) is 73.5 Å². The molecule has 0 bridgehead atoms. The molecule has 162 valence electrons. The predicted octanol–water partition coefficient (Wildman–Crippen LogP) is 3.21. The fraction of sp³-hybridized carbons (Fsp3) is 0.480. The van der Waals surface area contributed by atoms with Gasteiger partial charge in [0.2, 0.25) is 5.91 Å². The fourth-order valence-corrected chi connectivity index (χ4v) is 3.95. The van der Waals surface area contributed by atoms with Crippen molar-refractivity contribution < 1.29 is 9.53 Å². The van der Waals surface area contributed by atoms with Gasteiger partial charge in [-0.1, -0.05) is 42.0 Å². The average molecular weight is 410 g/mol. The summed E-state index contributed by atoms with van der Waals surface area (Å²) in [5.74, 6) is 1.10. The van der Waals surface area contributed by atoms with Gasteiger partial charge in [-0.2, -0.15) is 0 Å². The van der Waals surface area contributed by atoms with E-state index < -0.39 is 0 Å². The molecule has 0 spiro atoms. The van der Waals surface area contributed by atoms with E-state index >= 15 is 0 Å². The Bertz CT molecular complexity index is 813. The molecule has 30 heavy (non-hydrogen) atoms. The van der Waals surface area contributed by atoms with E-state index in [1.807, 2.05) is 24.1 Å². The Kier molecular flexibility index (Phi) is 7.88. The number of amides is 1. The minimum atomic E-state index is 0.231. The molecule has 1 atom stereocenters. The van der Waals surface area contributed by atoms with E-state index in [1.54, 1.807) is 7.11 Å². The number of ether oxygens (including phenoxy) is 1. The van der Waals surface area contributed by atoms with Gasteiger partial charge in [-0.15, -0.1) is 0 Å². The number of hydrogen-bond acceptors (Lipinski definition) is 4. The topological polar surface area (TPSA) is 36.0 Å². The second-order valence-electron chi connectivity index (χ2n) is 8.46. The Balaban J connectivity index is 1.43. The Labute approximate surface area is 181 Å². The molecule has 0 radical (unpaired) electrons. The molecule has 1 saturated heterocycles. The standard InChI is InChI=1S/C25H35N3O2/c1-20-6-5-7-23(16-20)18-27-12-14-28(15-13-27)25(29)19-26(3)21(2)17-22-8-10-24(30-4)11-9-22/h5-11,16,21H,12-15,17-19H2,1-4H3. The predicted molar refractivity (Wildman–Crippen MR) is 122 cm³/mol. The molecule has 5 heteroatoms. The van der Waals surface area contributed by atoms with Crippen LogP contribution in [0.3, 0.4) is 0 Å². The number of piperazine rings is 1. The third kappa shape index (κ3) is 6.31. The normalized spacial score (nSPS) is 16.0. The molecule has 0 N–H and O–H groups in total. The molecule has 2 aromatic rings. The van der Waals surface area contributed by atoms with Gasteiger partial charge in [0.1, 0.15) is 5.75 Å². The van der Waals surface area contributed by atoms with E-state index in [-0.39, 0.29) is 5.91 Å². The van der Waals surface area contributed by atoms with Gasteiger partial charge in [-0.05, 0) is 50.6 Å². The number of benzene rings is 2. The summed E-state index contributed by atoms with van der Waals surface area (Å²) in [6.07, 6.45) is 0.915. The lowest BCUT2D eigenvalue weighted by Crippen LogP contribution is -2.51. The zero-order valence-corrected chi connectivity index (χ0v) is 18.8. The molecule has 0 saturated carbocycles. The molecule has 1 amide bonds. The van der Waals surface area contributed by atoms with E-state index in [1.165, 1.54) is 16.7 Å². The van der Waals surface area contributed by atoms with Crippen LogP contribution >= 0.6 is 0 Å². The summed E-state index contributed by atoms with van der Waals surface area (Å²) in [5, 5.41) is 0. The molecule has 1 aliphatic heterocycles. The largest absolute Gasteiger partial charge is 0.497 e. The van der Waals surface area contributed by atoms with Gasteiger partial charge in [-0.3, -0.25) is 14.6 Å². The van der Waals surface area contributed by atoms with Crippen LogP contribution in [0.25, 0.3) is 0 Å². The van der Waals surface area contributed by atoms with Gasteiger partial charge >= 0.3 is 0 Å². The molecular formula is C25H35N3O2. The molecule has 3 rings (SSSR count). The molecule has 2 aromatic carbocycles. The zero-order valence-electron chi connectivity index (χ0n) is 18.8. The first-order valence-electron chi connectivity index (χ1n) is 10.8. The summed E-state index contributed by atoms with van der Waals surface area (Å²) in [5.41, 5.74) is 3.90. The summed E-state index contributed by atoms with van der Waals surface area (Å²) < 4.78 is 5.22. The Morgan fingerprint density at radius 3 is 2.40 bits per heavy atom. The highest BCUT2D eigenvalue weighted by molar-refractivity contribution is 5.78. The van der Waals surface area contributed by atoms with Gasteiger partial charge in [0.05, 0.1) is 13.7 Å². The second kappa shape index (κ2) is 10.6. The summed E-state index contributed by atoms with van der Waals surface area (Å²) >= 11 is 0. The van der Waals surface area contributed by atoms with Gasteiger partial charge in [0.25, 0.3) is 0 Å². The highest BCUT2D eigenvalue weighted by Crippen LogP contribution is 2.15. The van der Waals surface area contributed by atoms with Crippen LogP contribution in [0.1, 0.15) is 23.6 Å². The van der Waals surface area contributed by atoms with Crippen LogP contribution in [-0.2, 0) is 17.8 Å². The number of carbonyl (C=O) groups is 1. The lowest BCUT2D eigenvalue weighted by molar-refractivity contribution is -0.134. The van der Waals surface area contributed by atoms with Crippen LogP contribution < -0.4 is 4.74 Å². The number of hydrogen-bond donors (Lipinski definition) is 0. The third-order valence-electron chi connectivity index (χ3n) is 6.04. The van der Waals surface area contributed by atoms with Crippen LogP contribution in [0, 0.1) is 6.92 Å². The molecule has 1 aliphatic rings. The zero-order chi connectivity index (χ0) is 21.5. The maximum absolute atomic E-state index is 12.8. The summed E-state index contributed by atoms with van der Waals surface area (Å²) in [6.45, 7) is 9.23. The van der Waals surface area contributed by atoms with Crippen molar-refractivity contribution in [3.05, 3.63) is 65.2 Å². The van der Waals surface area contributed by atoms with Crippen LogP contribution in [0.15, 0.2) is 48.5 Å². The van der Waals surface area contributed by atoms with Gasteiger partial charge in [0, 0.05) is 38.8 Å². The minimum Gasteiger partial charge on any atom is -0.497 e. The van der Waals surface area contributed by atoms with Crippen molar-refractivity contribution in [2.45, 2.75) is 32.9 Å². The van der Waals surface area contributed by atoms with Crippen LogP contribution in [0.4, 0.5) is 0 Å². The van der Waals surface area contributed by atoms with E-state index in [0.29, 0.717) is 12.6 Å². The Morgan fingerprint density at radius 2 is 1.77 bits per heavy atom. The minimum absolute atomic E-state index is 0.231. The Hall–Kier alpha value is -2.37. The average Bonchev–Trinajstić information content (AvgIpc) is 2.74. The van der Waals surface area contributed by atoms with Gasteiger partial charge in [-0.25, -0.2) is 0 Å². The van der Waals surface area contributed by atoms with Gasteiger partial charge < -0.3 is 9.64 Å². The lowest BCUT2D eigenvalue weighted by Gasteiger charge is -2.36. The van der Waals surface area contributed by atoms with Crippen molar-refractivity contribution in [1.82, 2.24) is 14.7 Å². The number of methoxy groups -OCH3 is 1. The lowest BCUT2D eigenvalue weighted by atomic mass is 10.1. The second-order valence-corrected chi connectivity index (χ2v) is 8.46. The maximum Gasteiger partial charge on any atom is 0.236 e. The van der Waals surface area contributed by atoms with Crippen LogP contribution in [0.5, 0.6) is 5.75 Å².